The monoisotopic (exact) mass is 213 g/mol. The maximum absolute atomic E-state index is 10.4. The minimum absolute atomic E-state index is 0.133. The molecule has 5 heteroatoms. The zero-order chi connectivity index (χ0) is 10.6. The van der Waals surface area contributed by atoms with Crippen LogP contribution >= 0.6 is 11.6 Å². The molecule has 1 aromatic rings. The van der Waals surface area contributed by atoms with Crippen molar-refractivity contribution in [1.29, 1.82) is 0 Å². The van der Waals surface area contributed by atoms with Gasteiger partial charge in [0.2, 0.25) is 0 Å². The van der Waals surface area contributed by atoms with Crippen molar-refractivity contribution >= 4 is 23.7 Å². The van der Waals surface area contributed by atoms with Crippen molar-refractivity contribution in [3.63, 3.8) is 0 Å². The van der Waals surface area contributed by atoms with Gasteiger partial charge in [-0.3, -0.25) is 4.79 Å². The van der Waals surface area contributed by atoms with E-state index in [4.69, 9.17) is 11.6 Å². The number of hydrogen-bond donors (Lipinski definition) is 1. The van der Waals surface area contributed by atoms with E-state index in [0.29, 0.717) is 18.1 Å². The van der Waals surface area contributed by atoms with Gasteiger partial charge in [0.05, 0.1) is 6.20 Å². The van der Waals surface area contributed by atoms with Crippen molar-refractivity contribution in [1.82, 2.24) is 9.97 Å². The summed E-state index contributed by atoms with van der Waals surface area (Å²) in [6.07, 6.45) is 3.07. The predicted octanol–water partition coefficient (Wildman–Crippen LogP) is 2.15. The molecular formula is C9H12ClN3O. The molecule has 0 saturated carbocycles. The Bertz CT molecular complexity index is 330. The third kappa shape index (κ3) is 2.67. The van der Waals surface area contributed by atoms with Crippen molar-refractivity contribution in [2.24, 2.45) is 0 Å². The predicted molar refractivity (Wildman–Crippen MR) is 55.8 cm³/mol. The number of aromatic nitrogens is 2. The third-order valence-corrected chi connectivity index (χ3v) is 2.15. The molecule has 0 aliphatic carbocycles. The smallest absolute Gasteiger partial charge is 0.171 e. The summed E-state index contributed by atoms with van der Waals surface area (Å²) in [5.41, 5.74) is 0.168. The van der Waals surface area contributed by atoms with E-state index in [1.807, 2.05) is 6.92 Å². The SMILES string of the molecule is CCC(C)Nc1cnc(C=O)c(Cl)n1. The van der Waals surface area contributed by atoms with Crippen LogP contribution in [0.5, 0.6) is 0 Å². The molecule has 0 aromatic carbocycles. The largest absolute Gasteiger partial charge is 0.366 e. The second kappa shape index (κ2) is 4.91. The summed E-state index contributed by atoms with van der Waals surface area (Å²) < 4.78 is 0. The molecule has 0 amide bonds. The van der Waals surface area contributed by atoms with Gasteiger partial charge in [0, 0.05) is 6.04 Å². The van der Waals surface area contributed by atoms with Crippen LogP contribution in [-0.4, -0.2) is 22.3 Å². The van der Waals surface area contributed by atoms with Crippen molar-refractivity contribution in [2.45, 2.75) is 26.3 Å². The van der Waals surface area contributed by atoms with Gasteiger partial charge in [0.15, 0.2) is 11.4 Å². The fourth-order valence-electron chi connectivity index (χ4n) is 0.879. The summed E-state index contributed by atoms with van der Waals surface area (Å²) in [6.45, 7) is 4.09. The molecule has 0 aliphatic heterocycles. The normalized spacial score (nSPS) is 12.2. The second-order valence-electron chi connectivity index (χ2n) is 3.00. The first-order valence-electron chi connectivity index (χ1n) is 4.41. The van der Waals surface area contributed by atoms with E-state index >= 15 is 0 Å². The van der Waals surface area contributed by atoms with Gasteiger partial charge in [0.25, 0.3) is 0 Å². The van der Waals surface area contributed by atoms with Crippen molar-refractivity contribution in [3.8, 4) is 0 Å². The first kappa shape index (κ1) is 10.9. The lowest BCUT2D eigenvalue weighted by Crippen LogP contribution is -2.15. The van der Waals surface area contributed by atoms with Gasteiger partial charge in [-0.1, -0.05) is 18.5 Å². The van der Waals surface area contributed by atoms with Crippen LogP contribution in [-0.2, 0) is 0 Å². The lowest BCUT2D eigenvalue weighted by molar-refractivity contribution is 0.111. The van der Waals surface area contributed by atoms with E-state index in [1.165, 1.54) is 6.20 Å². The molecule has 4 nitrogen and oxygen atoms in total. The van der Waals surface area contributed by atoms with Gasteiger partial charge in [0.1, 0.15) is 11.5 Å². The molecule has 1 aromatic heterocycles. The van der Waals surface area contributed by atoms with Gasteiger partial charge in [-0.2, -0.15) is 0 Å². The van der Waals surface area contributed by atoms with Crippen molar-refractivity contribution < 1.29 is 4.79 Å². The number of anilines is 1. The maximum atomic E-state index is 10.4. The maximum Gasteiger partial charge on any atom is 0.171 e. The van der Waals surface area contributed by atoms with E-state index in [9.17, 15) is 4.79 Å². The van der Waals surface area contributed by atoms with Gasteiger partial charge < -0.3 is 5.32 Å². The Kier molecular flexibility index (Phi) is 3.83. The van der Waals surface area contributed by atoms with E-state index in [1.54, 1.807) is 0 Å². The number of rotatable bonds is 4. The van der Waals surface area contributed by atoms with Crippen LogP contribution in [0, 0.1) is 0 Å². The van der Waals surface area contributed by atoms with E-state index in [0.717, 1.165) is 6.42 Å². The van der Waals surface area contributed by atoms with Crippen molar-refractivity contribution in [3.05, 3.63) is 17.0 Å². The fraction of sp³-hybridized carbons (Fsp3) is 0.444. The average Bonchev–Trinajstić information content (AvgIpc) is 2.18. The number of halogens is 1. The zero-order valence-corrected chi connectivity index (χ0v) is 8.88. The third-order valence-electron chi connectivity index (χ3n) is 1.87. The molecule has 1 unspecified atom stereocenters. The van der Waals surface area contributed by atoms with E-state index in [-0.39, 0.29) is 10.8 Å². The summed E-state index contributed by atoms with van der Waals surface area (Å²) in [6, 6.07) is 0.308. The molecule has 0 radical (unpaired) electrons. The number of aldehydes is 1. The highest BCUT2D eigenvalue weighted by Gasteiger charge is 2.05. The highest BCUT2D eigenvalue weighted by atomic mass is 35.5. The molecule has 76 valence electrons. The number of carbonyl (C=O) groups excluding carboxylic acids is 1. The fourth-order valence-corrected chi connectivity index (χ4v) is 1.06. The van der Waals surface area contributed by atoms with Crippen LogP contribution in [0.15, 0.2) is 6.20 Å². The van der Waals surface area contributed by atoms with Gasteiger partial charge >= 0.3 is 0 Å². The van der Waals surface area contributed by atoms with Gasteiger partial charge in [-0.05, 0) is 13.3 Å². The minimum atomic E-state index is 0.133. The molecule has 1 atom stereocenters. The lowest BCUT2D eigenvalue weighted by Gasteiger charge is -2.11. The summed E-state index contributed by atoms with van der Waals surface area (Å²) in [5, 5.41) is 3.24. The highest BCUT2D eigenvalue weighted by molar-refractivity contribution is 6.31. The Hall–Kier alpha value is -1.16. The van der Waals surface area contributed by atoms with Crippen LogP contribution in [0.25, 0.3) is 0 Å². The molecule has 0 saturated heterocycles. The summed E-state index contributed by atoms with van der Waals surface area (Å²) in [7, 11) is 0. The minimum Gasteiger partial charge on any atom is -0.366 e. The van der Waals surface area contributed by atoms with Crippen molar-refractivity contribution in [2.75, 3.05) is 5.32 Å². The number of carbonyl (C=O) groups is 1. The van der Waals surface area contributed by atoms with Crippen LogP contribution in [0.2, 0.25) is 5.15 Å². The molecule has 0 bridgehead atoms. The molecular weight excluding hydrogens is 202 g/mol. The zero-order valence-electron chi connectivity index (χ0n) is 8.12. The Balaban J connectivity index is 2.81. The van der Waals surface area contributed by atoms with E-state index < -0.39 is 0 Å². The summed E-state index contributed by atoms with van der Waals surface area (Å²) >= 11 is 5.71. The molecule has 0 fully saturated rings. The molecule has 1 rings (SSSR count). The number of hydrogen-bond acceptors (Lipinski definition) is 4. The van der Waals surface area contributed by atoms with Crippen LogP contribution in [0.3, 0.4) is 0 Å². The molecule has 0 aliphatic rings. The van der Waals surface area contributed by atoms with E-state index in [2.05, 4.69) is 22.2 Å². The first-order valence-corrected chi connectivity index (χ1v) is 4.79. The van der Waals surface area contributed by atoms with Gasteiger partial charge in [-0.25, -0.2) is 9.97 Å². The lowest BCUT2D eigenvalue weighted by atomic mass is 10.3. The summed E-state index contributed by atoms with van der Waals surface area (Å²) in [5.74, 6) is 0.593. The van der Waals surface area contributed by atoms with Crippen LogP contribution in [0.1, 0.15) is 30.8 Å². The Morgan fingerprint density at radius 1 is 1.71 bits per heavy atom. The van der Waals surface area contributed by atoms with Crippen LogP contribution < -0.4 is 5.32 Å². The second-order valence-corrected chi connectivity index (χ2v) is 3.36. The summed E-state index contributed by atoms with van der Waals surface area (Å²) in [4.78, 5) is 18.3. The Labute approximate surface area is 87.7 Å². The Morgan fingerprint density at radius 3 is 2.93 bits per heavy atom. The molecule has 0 spiro atoms. The van der Waals surface area contributed by atoms with Crippen LogP contribution in [0.4, 0.5) is 5.82 Å². The molecule has 1 N–H and O–H groups in total. The molecule has 1 heterocycles. The standard InChI is InChI=1S/C9H12ClN3O/c1-3-6(2)12-8-4-11-7(5-14)9(10)13-8/h4-6H,3H2,1-2H3,(H,12,13). The first-order chi connectivity index (χ1) is 6.67. The highest BCUT2D eigenvalue weighted by Crippen LogP contribution is 2.12. The van der Waals surface area contributed by atoms with Gasteiger partial charge in [-0.15, -0.1) is 0 Å². The number of nitrogens with zero attached hydrogens (tertiary/aromatic N) is 2. The quantitative estimate of drug-likeness (QED) is 0.779. The topological polar surface area (TPSA) is 54.9 Å². The molecule has 14 heavy (non-hydrogen) atoms. The Morgan fingerprint density at radius 2 is 2.43 bits per heavy atom. The average molecular weight is 214 g/mol. The number of nitrogens with one attached hydrogen (secondary N) is 1.